The van der Waals surface area contributed by atoms with Gasteiger partial charge >= 0.3 is 0 Å². The van der Waals surface area contributed by atoms with Gasteiger partial charge < -0.3 is 5.73 Å². The first-order chi connectivity index (χ1) is 9.38. The first-order valence-corrected chi connectivity index (χ1v) is 7.69. The summed E-state index contributed by atoms with van der Waals surface area (Å²) >= 11 is 0. The lowest BCUT2D eigenvalue weighted by Crippen LogP contribution is -2.15. The van der Waals surface area contributed by atoms with Crippen molar-refractivity contribution in [2.24, 2.45) is 5.73 Å². The monoisotopic (exact) mass is 291 g/mol. The average Bonchev–Trinajstić information content (AvgIpc) is 2.38. The normalized spacial score (nSPS) is 12.9. The number of sulfonamides is 1. The molecule has 20 heavy (non-hydrogen) atoms. The number of aryl methyl sites for hydroxylation is 1. The molecule has 0 bridgehead atoms. The fourth-order valence-electron chi connectivity index (χ4n) is 1.76. The van der Waals surface area contributed by atoms with Gasteiger partial charge in [-0.1, -0.05) is 18.2 Å². The zero-order valence-corrected chi connectivity index (χ0v) is 12.2. The van der Waals surface area contributed by atoms with Crippen LogP contribution in [0.1, 0.15) is 24.2 Å². The summed E-state index contributed by atoms with van der Waals surface area (Å²) in [5.74, 6) is 0.302. The van der Waals surface area contributed by atoms with Gasteiger partial charge in [0.2, 0.25) is 0 Å². The second-order valence-corrected chi connectivity index (χ2v) is 6.31. The summed E-state index contributed by atoms with van der Waals surface area (Å²) in [4.78, 5) is 4.30. The molecule has 1 unspecified atom stereocenters. The topological polar surface area (TPSA) is 85.1 Å². The fraction of sp³-hybridized carbons (Fsp3) is 0.214. The van der Waals surface area contributed by atoms with Crippen LogP contribution in [0, 0.1) is 6.92 Å². The molecule has 1 atom stereocenters. The van der Waals surface area contributed by atoms with Crippen molar-refractivity contribution in [1.29, 1.82) is 0 Å². The van der Waals surface area contributed by atoms with Crippen molar-refractivity contribution in [1.82, 2.24) is 4.98 Å². The minimum Gasteiger partial charge on any atom is -0.324 e. The lowest BCUT2D eigenvalue weighted by Gasteiger charge is -2.10. The van der Waals surface area contributed by atoms with Crippen LogP contribution in [0.2, 0.25) is 0 Å². The zero-order valence-electron chi connectivity index (χ0n) is 11.4. The molecule has 2 rings (SSSR count). The maximum absolute atomic E-state index is 12.3. The highest BCUT2D eigenvalue weighted by molar-refractivity contribution is 7.92. The Bertz CT molecular complexity index is 712. The Morgan fingerprint density at radius 3 is 2.55 bits per heavy atom. The minimum atomic E-state index is -3.65. The third-order valence-electron chi connectivity index (χ3n) is 2.82. The summed E-state index contributed by atoms with van der Waals surface area (Å²) < 4.78 is 27.1. The van der Waals surface area contributed by atoms with Crippen LogP contribution in [-0.2, 0) is 10.0 Å². The van der Waals surface area contributed by atoms with Crippen LogP contribution in [0.15, 0.2) is 47.4 Å². The molecule has 0 amide bonds. The Kier molecular flexibility index (Phi) is 4.06. The third kappa shape index (κ3) is 3.34. The molecule has 0 saturated carbocycles. The van der Waals surface area contributed by atoms with Crippen molar-refractivity contribution in [2.75, 3.05) is 4.72 Å². The van der Waals surface area contributed by atoms with Gasteiger partial charge in [0.05, 0.1) is 4.90 Å². The van der Waals surface area contributed by atoms with E-state index in [1.807, 2.05) is 0 Å². The highest BCUT2D eigenvalue weighted by Crippen LogP contribution is 2.18. The molecule has 106 valence electrons. The average molecular weight is 291 g/mol. The summed E-state index contributed by atoms with van der Waals surface area (Å²) in [6, 6.07) is 11.5. The highest BCUT2D eigenvalue weighted by Gasteiger charge is 2.15. The number of benzene rings is 1. The Hall–Kier alpha value is -1.92. The van der Waals surface area contributed by atoms with Gasteiger partial charge in [0, 0.05) is 11.7 Å². The van der Waals surface area contributed by atoms with Gasteiger partial charge in [0.1, 0.15) is 5.82 Å². The Morgan fingerprint density at radius 1 is 1.20 bits per heavy atom. The van der Waals surface area contributed by atoms with Gasteiger partial charge in [-0.05, 0) is 43.7 Å². The van der Waals surface area contributed by atoms with E-state index in [9.17, 15) is 8.42 Å². The molecule has 0 aliphatic rings. The maximum atomic E-state index is 12.3. The summed E-state index contributed by atoms with van der Waals surface area (Å²) in [6.45, 7) is 3.61. The molecule has 0 radical (unpaired) electrons. The Labute approximate surface area is 118 Å². The van der Waals surface area contributed by atoms with E-state index in [-0.39, 0.29) is 10.9 Å². The van der Waals surface area contributed by atoms with E-state index in [2.05, 4.69) is 9.71 Å². The van der Waals surface area contributed by atoms with E-state index < -0.39 is 10.0 Å². The largest absolute Gasteiger partial charge is 0.324 e. The van der Waals surface area contributed by atoms with Crippen molar-refractivity contribution in [3.05, 3.63) is 53.7 Å². The SMILES string of the molecule is Cc1cccc(NS(=O)(=O)c2cccc(C(C)N)c2)n1. The molecule has 5 nitrogen and oxygen atoms in total. The van der Waals surface area contributed by atoms with E-state index in [0.717, 1.165) is 11.3 Å². The number of hydrogen-bond donors (Lipinski definition) is 2. The second-order valence-electron chi connectivity index (χ2n) is 4.63. The fourth-order valence-corrected chi connectivity index (χ4v) is 2.82. The Balaban J connectivity index is 2.33. The van der Waals surface area contributed by atoms with E-state index in [1.165, 1.54) is 6.07 Å². The predicted octanol–water partition coefficient (Wildman–Crippen LogP) is 2.21. The molecular weight excluding hydrogens is 274 g/mol. The van der Waals surface area contributed by atoms with Gasteiger partial charge in [-0.3, -0.25) is 4.72 Å². The molecule has 6 heteroatoms. The van der Waals surface area contributed by atoms with Crippen LogP contribution in [0.4, 0.5) is 5.82 Å². The number of nitrogens with one attached hydrogen (secondary N) is 1. The molecule has 2 aromatic rings. The first-order valence-electron chi connectivity index (χ1n) is 6.20. The number of rotatable bonds is 4. The van der Waals surface area contributed by atoms with Crippen LogP contribution in [0.25, 0.3) is 0 Å². The number of hydrogen-bond acceptors (Lipinski definition) is 4. The summed E-state index contributed by atoms with van der Waals surface area (Å²) in [5.41, 5.74) is 7.28. The highest BCUT2D eigenvalue weighted by atomic mass is 32.2. The van der Waals surface area contributed by atoms with Crippen molar-refractivity contribution >= 4 is 15.8 Å². The minimum absolute atomic E-state index is 0.176. The molecular formula is C14H17N3O2S. The van der Waals surface area contributed by atoms with E-state index in [1.54, 1.807) is 50.2 Å². The van der Waals surface area contributed by atoms with Gasteiger partial charge in [-0.15, -0.1) is 0 Å². The molecule has 0 fully saturated rings. The Morgan fingerprint density at radius 2 is 1.90 bits per heavy atom. The molecule has 0 aliphatic heterocycles. The van der Waals surface area contributed by atoms with Gasteiger partial charge in [-0.2, -0.15) is 0 Å². The van der Waals surface area contributed by atoms with Crippen LogP contribution < -0.4 is 10.5 Å². The van der Waals surface area contributed by atoms with Crippen molar-refractivity contribution < 1.29 is 8.42 Å². The van der Waals surface area contributed by atoms with Crippen molar-refractivity contribution in [2.45, 2.75) is 24.8 Å². The van der Waals surface area contributed by atoms with E-state index >= 15 is 0 Å². The lowest BCUT2D eigenvalue weighted by atomic mass is 10.1. The molecule has 3 N–H and O–H groups in total. The van der Waals surface area contributed by atoms with Crippen molar-refractivity contribution in [3.8, 4) is 0 Å². The molecule has 1 heterocycles. The van der Waals surface area contributed by atoms with Crippen molar-refractivity contribution in [3.63, 3.8) is 0 Å². The van der Waals surface area contributed by atoms with Gasteiger partial charge in [0.25, 0.3) is 10.0 Å². The number of nitrogens with zero attached hydrogens (tertiary/aromatic N) is 1. The summed E-state index contributed by atoms with van der Waals surface area (Å²) in [7, 11) is -3.65. The molecule has 0 saturated heterocycles. The number of pyridine rings is 1. The van der Waals surface area contributed by atoms with Gasteiger partial charge in [-0.25, -0.2) is 13.4 Å². The van der Waals surface area contributed by atoms with Crippen LogP contribution in [0.5, 0.6) is 0 Å². The smallest absolute Gasteiger partial charge is 0.263 e. The van der Waals surface area contributed by atoms with E-state index in [4.69, 9.17) is 5.73 Å². The van der Waals surface area contributed by atoms with Crippen LogP contribution >= 0.6 is 0 Å². The molecule has 1 aromatic carbocycles. The van der Waals surface area contributed by atoms with Crippen LogP contribution in [0.3, 0.4) is 0 Å². The van der Waals surface area contributed by atoms with Gasteiger partial charge in [0.15, 0.2) is 0 Å². The second kappa shape index (κ2) is 5.60. The third-order valence-corrected chi connectivity index (χ3v) is 4.17. The first kappa shape index (κ1) is 14.5. The van der Waals surface area contributed by atoms with E-state index in [0.29, 0.717) is 5.82 Å². The molecule has 0 spiro atoms. The quantitative estimate of drug-likeness (QED) is 0.904. The number of nitrogens with two attached hydrogens (primary N) is 1. The lowest BCUT2D eigenvalue weighted by molar-refractivity contribution is 0.600. The number of anilines is 1. The maximum Gasteiger partial charge on any atom is 0.263 e. The standard InChI is InChI=1S/C14H17N3O2S/c1-10-5-3-8-14(16-10)17-20(18,19)13-7-4-6-12(9-13)11(2)15/h3-9,11H,15H2,1-2H3,(H,16,17). The predicted molar refractivity (Wildman–Crippen MR) is 78.8 cm³/mol. The number of aromatic nitrogens is 1. The molecule has 0 aliphatic carbocycles. The van der Waals surface area contributed by atoms with Crippen LogP contribution in [-0.4, -0.2) is 13.4 Å². The zero-order chi connectivity index (χ0) is 14.8. The molecule has 1 aromatic heterocycles. The summed E-state index contributed by atoms with van der Waals surface area (Å²) in [5, 5.41) is 0. The summed E-state index contributed by atoms with van der Waals surface area (Å²) in [6.07, 6.45) is 0.